The molecule has 0 aromatic carbocycles. The highest BCUT2D eigenvalue weighted by Gasteiger charge is 2.53. The fourth-order valence-corrected chi connectivity index (χ4v) is 13.5. The van der Waals surface area contributed by atoms with Gasteiger partial charge >= 0.3 is 98.2 Å². The molecular formula is C61H86F9N20O34P4+. The topological polar surface area (TPSA) is 821 Å². The number of esters is 2. The quantitative estimate of drug-likeness (QED) is 0.00696. The second kappa shape index (κ2) is 45.7. The maximum absolute atomic E-state index is 13.3. The van der Waals surface area contributed by atoms with Crippen LogP contribution in [0.2, 0.25) is 0 Å². The number of carboxylic acids is 1. The highest BCUT2D eigenvalue weighted by Crippen LogP contribution is 2.52. The number of hydrogen-bond donors (Lipinski definition) is 18. The van der Waals surface area contributed by atoms with E-state index in [9.17, 15) is 122 Å². The van der Waals surface area contributed by atoms with Crippen LogP contribution < -0.4 is 56.0 Å². The molecule has 4 aliphatic rings. The summed E-state index contributed by atoms with van der Waals surface area (Å²) in [7, 11) is -15.4. The number of aromatic nitrogens is 12. The number of phosphoric acid groups is 2. The Morgan fingerprint density at radius 1 is 0.617 bits per heavy atom. The first-order valence-electron chi connectivity index (χ1n) is 36.4. The number of hydrogen-bond acceptors (Lipinski definition) is 42. The normalized spacial score (nSPS) is 23.5. The third-order valence-electron chi connectivity index (χ3n) is 17.4. The molecule has 54 nitrogen and oxygen atoms in total. The number of phosphoric ester groups is 2. The number of anilines is 4. The van der Waals surface area contributed by atoms with Gasteiger partial charge in [0.25, 0.3) is 0 Å². The number of aliphatic carboxylic acids is 1. The molecule has 0 saturated carbocycles. The van der Waals surface area contributed by atoms with Crippen molar-refractivity contribution in [1.29, 1.82) is 0 Å². The van der Waals surface area contributed by atoms with E-state index >= 15 is 0 Å². The van der Waals surface area contributed by atoms with Gasteiger partial charge in [0.1, 0.15) is 115 Å². The molecule has 3 amide bonds. The molecular weight excluding hydrogens is 1850 g/mol. The number of imidazole rings is 2. The number of unbranched alkanes of at least 4 members (excludes halogenated alkanes) is 2. The lowest BCUT2D eigenvalue weighted by Gasteiger charge is -2.25. The molecule has 4 fully saturated rings. The molecule has 0 spiro atoms. The van der Waals surface area contributed by atoms with E-state index in [-0.39, 0.29) is 122 Å². The van der Waals surface area contributed by atoms with Gasteiger partial charge in [0.15, 0.2) is 47.6 Å². The van der Waals surface area contributed by atoms with Crippen LogP contribution in [-0.2, 0) is 93.4 Å². The molecule has 4 saturated heterocycles. The third-order valence-corrected chi connectivity index (χ3v) is 19.7. The fraction of sp³-hybridized carbons (Fsp3) is 0.607. The molecule has 0 radical (unpaired) electrons. The van der Waals surface area contributed by atoms with Crippen LogP contribution in [-0.4, -0.2) is 286 Å². The number of amides is 3. The number of fused-ring (bicyclic) bond motifs is 2. The standard InChI is InChI=1S/C27H37F3N10O15P2.C23H31F3N7O9P.C9H14N3O7P.C2HF3O2.H2O/c28-27(29,30)25(43)34-5-2-1-3-12(31)24(42)54-20-15(53-23(19(20)41)40-11-37-18-21(33)35-10-36-22(18)40)9-51-57(48,49)55-13-7-17(39-6-4-16(32)38-26(39)44)52-14(13)8-50-56(45,46)47;1-22(2,3)42-21(37)32-11(6-4-5-7-28-20(36)23(24,25)26)19(35)41-15-12(8-39-43-38)40-18(14(15)34)33-10-31-13-16(27)29-9-30-17(13)33;10-7-1-2-12(9(14)11-7)8-3-5(13)6(19-8)4-18-20(15,16)17;3-2(4,5)1(6)7;/h4,6,10-15,17,19-20,23,41,45-47H,1-3,5,7-9,31H2,(H5-,32,33,34,35,36,38,43,44,48,49);9-12,14-15,18,34H,4-8H2,1-3H3,(H,28,36)(H,32,37)(H2,27,29,30);1-2,5-6,8,13H,3-4H2,(H2,10,11,14)(H2,15,16,17);(H,6,7);1H2/p+1/t12-,13-,14+,15+,17+,19+,20+,23+;11-,12+,14+,15+,18+;5-,6+,8+;;/m000../s1. The maximum Gasteiger partial charge on any atom is 0.567 e. The molecule has 716 valence electrons. The molecule has 1 unspecified atom stereocenters. The van der Waals surface area contributed by atoms with Crippen LogP contribution in [0.5, 0.6) is 0 Å². The summed E-state index contributed by atoms with van der Waals surface area (Å²) in [6.45, 7) is 1.46. The van der Waals surface area contributed by atoms with E-state index in [1.165, 1.54) is 52.6 Å². The minimum Gasteiger partial charge on any atom is -0.475 e. The van der Waals surface area contributed by atoms with Gasteiger partial charge in [-0.15, -0.1) is 0 Å². The van der Waals surface area contributed by atoms with Gasteiger partial charge in [0.05, 0.1) is 38.6 Å². The van der Waals surface area contributed by atoms with Crippen molar-refractivity contribution in [3.8, 4) is 0 Å². The number of aliphatic hydroxyl groups is 3. The number of nitrogens with zero attached hydrogens (tertiary/aromatic N) is 12. The number of alkyl halides is 9. The third kappa shape index (κ3) is 31.8. The summed E-state index contributed by atoms with van der Waals surface area (Å²) in [5, 5.41) is 45.1. The molecule has 0 bridgehead atoms. The van der Waals surface area contributed by atoms with E-state index in [2.05, 4.69) is 54.2 Å². The summed E-state index contributed by atoms with van der Waals surface area (Å²) in [6.07, 6.45) is -27.9. The lowest BCUT2D eigenvalue weighted by atomic mass is 10.1. The van der Waals surface area contributed by atoms with Crippen LogP contribution in [0.3, 0.4) is 0 Å². The minimum atomic E-state index is -5.22. The lowest BCUT2D eigenvalue weighted by molar-refractivity contribution is -0.192. The summed E-state index contributed by atoms with van der Waals surface area (Å²) in [5.74, 6) is -9.16. The van der Waals surface area contributed by atoms with Gasteiger partial charge < -0.3 is 118 Å². The zero-order valence-electron chi connectivity index (χ0n) is 66.1. The molecule has 6 aromatic heterocycles. The van der Waals surface area contributed by atoms with E-state index in [1.807, 2.05) is 0 Å². The molecule has 4 aliphatic heterocycles. The van der Waals surface area contributed by atoms with Gasteiger partial charge in [0, 0.05) is 38.3 Å². The lowest BCUT2D eigenvalue weighted by Crippen LogP contribution is -2.47. The number of alkyl carbamates (subject to hydrolysis) is 1. The average molecular weight is 1940 g/mol. The number of rotatable bonds is 33. The Bertz CT molecular complexity index is 5000. The predicted octanol–water partition coefficient (Wildman–Crippen LogP) is -2.01. The average Bonchev–Trinajstić information content (AvgIpc) is 1.62. The number of carbonyl (C=O) groups is 6. The number of nitrogen functional groups attached to an aromatic ring is 4. The molecule has 67 heteroatoms. The van der Waals surface area contributed by atoms with E-state index in [0.29, 0.717) is 0 Å². The number of halogens is 9. The van der Waals surface area contributed by atoms with Crippen molar-refractivity contribution < 1.29 is 193 Å². The zero-order valence-corrected chi connectivity index (χ0v) is 69.6. The van der Waals surface area contributed by atoms with Crippen LogP contribution in [0.15, 0.2) is 59.4 Å². The highest BCUT2D eigenvalue weighted by molar-refractivity contribution is 7.53. The molecule has 10 heterocycles. The van der Waals surface area contributed by atoms with Crippen molar-refractivity contribution in [3.63, 3.8) is 0 Å². The van der Waals surface area contributed by atoms with Gasteiger partial charge in [-0.25, -0.2) is 67.6 Å². The van der Waals surface area contributed by atoms with Crippen molar-refractivity contribution in [2.24, 2.45) is 5.73 Å². The van der Waals surface area contributed by atoms with Crippen LogP contribution in [0.25, 0.3) is 22.3 Å². The first-order chi connectivity index (χ1) is 59.0. The van der Waals surface area contributed by atoms with Crippen molar-refractivity contribution in [1.82, 2.24) is 74.1 Å². The van der Waals surface area contributed by atoms with Crippen molar-refractivity contribution in [2.45, 2.75) is 194 Å². The summed E-state index contributed by atoms with van der Waals surface area (Å²) in [4.78, 5) is 181. The van der Waals surface area contributed by atoms with E-state index in [0.717, 1.165) is 15.5 Å². The van der Waals surface area contributed by atoms with Gasteiger partial charge in [-0.3, -0.25) is 50.7 Å². The summed E-state index contributed by atoms with van der Waals surface area (Å²) >= 11 is 0. The van der Waals surface area contributed by atoms with E-state index in [1.54, 1.807) is 31.4 Å². The molecule has 6 aromatic rings. The van der Waals surface area contributed by atoms with Gasteiger partial charge in [-0.05, 0) is 71.4 Å². The first kappa shape index (κ1) is 107. The van der Waals surface area contributed by atoms with Crippen molar-refractivity contribution in [2.75, 3.05) is 62.5 Å². The van der Waals surface area contributed by atoms with Crippen molar-refractivity contribution >= 4 is 114 Å². The number of nitrogens with two attached hydrogens (primary N) is 5. The van der Waals surface area contributed by atoms with Crippen LogP contribution in [0, 0.1) is 0 Å². The Labute approximate surface area is 712 Å². The Morgan fingerprint density at radius 2 is 1.07 bits per heavy atom. The Hall–Kier alpha value is -9.76. The zero-order chi connectivity index (χ0) is 94.8. The monoisotopic (exact) mass is 1940 g/mol. The summed E-state index contributed by atoms with van der Waals surface area (Å²) < 4.78 is 209. The highest BCUT2D eigenvalue weighted by atomic mass is 31.2. The second-order valence-corrected chi connectivity index (χ2v) is 32.3. The van der Waals surface area contributed by atoms with E-state index < -0.39 is 222 Å². The predicted molar refractivity (Wildman–Crippen MR) is 404 cm³/mol. The van der Waals surface area contributed by atoms with E-state index in [4.69, 9.17) is 95.1 Å². The second-order valence-electron chi connectivity index (χ2n) is 27.9. The SMILES string of the molecule is CC(C)(C)OC(=O)N[C@@H](CCCCNC(=O)C(F)(F)F)C(=O)O[C@H]1[C@@H](O)[C@H](n2cnc3c(N)ncnc32)O[C@@H]1COP=O.Nc1ccn([C@H]2C[C@H](O)[C@@H](COP(=O)(O)O)O2)c(=O)n1.Nc1ccn([C@H]2C[C@H](OP(=O)(O)OC[C@H]3O[C@@H](n4cnc5c(N)ncnc54)[C@H](O)[C@@H]3OC(=O)[C@@H](N)CCCCNC(=O)C(F)(F)F)[C@@H](CO[P+](O)(O)O)O2)c(=O)n1.O.O=C(O)C(F)(F)F. The smallest absolute Gasteiger partial charge is 0.475 e. The van der Waals surface area contributed by atoms with Crippen molar-refractivity contribution in [3.05, 3.63) is 70.8 Å². The number of carboxylic acid groups (broad SMARTS) is 1. The molecule has 25 N–H and O–H groups in total. The number of ether oxygens (including phenoxy) is 7. The summed E-state index contributed by atoms with van der Waals surface area (Å²) in [6, 6.07) is -0.106. The largest absolute Gasteiger partial charge is 0.567 e. The summed E-state index contributed by atoms with van der Waals surface area (Å²) in [5.41, 5.74) is 26.7. The molecule has 17 atom stereocenters. The maximum atomic E-state index is 13.3. The van der Waals surface area contributed by atoms with Crippen LogP contribution >= 0.6 is 32.5 Å². The minimum absolute atomic E-state index is 0. The van der Waals surface area contributed by atoms with Gasteiger partial charge in [-0.2, -0.15) is 68.7 Å². The van der Waals surface area contributed by atoms with Gasteiger partial charge in [0.2, 0.25) is 0 Å². The van der Waals surface area contributed by atoms with Crippen LogP contribution in [0.1, 0.15) is 97.0 Å². The molecule has 0 aliphatic carbocycles. The fourth-order valence-electron chi connectivity index (χ4n) is 11.7. The Morgan fingerprint density at radius 3 is 1.52 bits per heavy atom. The number of nitrogens with one attached hydrogen (secondary N) is 3. The number of carbonyl (C=O) groups excluding carboxylic acids is 5. The first-order valence-corrected chi connectivity index (χ1v) is 41.7. The molecule has 128 heavy (non-hydrogen) atoms. The number of aliphatic hydroxyl groups excluding tert-OH is 3. The molecule has 10 rings (SSSR count). The van der Waals surface area contributed by atoms with Crippen LogP contribution in [0.4, 0.5) is 67.6 Å². The Balaban J connectivity index is 0.000000310. The Kier molecular flexibility index (Phi) is 38.2. The van der Waals surface area contributed by atoms with Gasteiger partial charge in [-0.1, -0.05) is 0 Å².